The van der Waals surface area contributed by atoms with Gasteiger partial charge in [0.25, 0.3) is 11.5 Å². The van der Waals surface area contributed by atoms with Crippen molar-refractivity contribution < 1.29 is 9.53 Å². The number of amides is 1. The Bertz CT molecular complexity index is 1020. The number of nitrogens with one attached hydrogen (secondary N) is 1. The number of carbonyl (C=O) groups is 1. The third-order valence-corrected chi connectivity index (χ3v) is 4.95. The van der Waals surface area contributed by atoms with Crippen LogP contribution in [-0.4, -0.2) is 34.2 Å². The quantitative estimate of drug-likeness (QED) is 0.773. The van der Waals surface area contributed by atoms with Crippen LogP contribution in [0.15, 0.2) is 59.7 Å². The molecule has 0 radical (unpaired) electrons. The normalized spacial score (nSPS) is 17.7. The lowest BCUT2D eigenvalue weighted by Crippen LogP contribution is -2.40. The van der Waals surface area contributed by atoms with E-state index in [4.69, 9.17) is 4.74 Å². The van der Waals surface area contributed by atoms with Gasteiger partial charge < -0.3 is 10.1 Å². The molecule has 0 aliphatic carbocycles. The molecule has 6 nitrogen and oxygen atoms in total. The molecule has 138 valence electrons. The van der Waals surface area contributed by atoms with Crippen LogP contribution in [0.2, 0.25) is 0 Å². The summed E-state index contributed by atoms with van der Waals surface area (Å²) in [5.41, 5.74) is 1.75. The third kappa shape index (κ3) is 3.48. The van der Waals surface area contributed by atoms with Crippen molar-refractivity contribution in [1.82, 2.24) is 14.9 Å². The predicted molar refractivity (Wildman–Crippen MR) is 103 cm³/mol. The average molecular weight is 363 g/mol. The summed E-state index contributed by atoms with van der Waals surface area (Å²) in [6.45, 7) is 2.72. The van der Waals surface area contributed by atoms with Crippen LogP contribution in [0.25, 0.3) is 16.6 Å². The van der Waals surface area contributed by atoms with E-state index in [1.54, 1.807) is 30.3 Å². The largest absolute Gasteiger partial charge is 0.376 e. The van der Waals surface area contributed by atoms with E-state index in [0.29, 0.717) is 22.2 Å². The lowest BCUT2D eigenvalue weighted by Gasteiger charge is -2.20. The fourth-order valence-corrected chi connectivity index (χ4v) is 3.41. The molecule has 1 aliphatic rings. The highest BCUT2D eigenvalue weighted by Gasteiger charge is 2.23. The van der Waals surface area contributed by atoms with Crippen molar-refractivity contribution in [2.24, 2.45) is 0 Å². The second-order valence-electron chi connectivity index (χ2n) is 6.80. The molecule has 0 bridgehead atoms. The van der Waals surface area contributed by atoms with E-state index in [1.165, 1.54) is 10.9 Å². The predicted octanol–water partition coefficient (Wildman–Crippen LogP) is 2.68. The minimum absolute atomic E-state index is 0.0352. The van der Waals surface area contributed by atoms with Crippen molar-refractivity contribution >= 4 is 16.8 Å². The Morgan fingerprint density at radius 2 is 2.00 bits per heavy atom. The van der Waals surface area contributed by atoms with Crippen molar-refractivity contribution in [2.75, 3.05) is 6.61 Å². The second-order valence-corrected chi connectivity index (χ2v) is 6.80. The molecule has 6 heteroatoms. The fourth-order valence-electron chi connectivity index (χ4n) is 3.41. The summed E-state index contributed by atoms with van der Waals surface area (Å²) < 4.78 is 7.10. The molecule has 1 amide bonds. The topological polar surface area (TPSA) is 73.2 Å². The Balaban J connectivity index is 1.54. The monoisotopic (exact) mass is 363 g/mol. The molecule has 27 heavy (non-hydrogen) atoms. The van der Waals surface area contributed by atoms with Crippen LogP contribution in [0.1, 0.15) is 30.1 Å². The Hall–Kier alpha value is -2.99. The van der Waals surface area contributed by atoms with Crippen LogP contribution in [0.4, 0.5) is 0 Å². The molecule has 0 spiro atoms. The molecule has 0 saturated carbocycles. The molecule has 1 saturated heterocycles. The van der Waals surface area contributed by atoms with E-state index in [1.807, 2.05) is 25.1 Å². The van der Waals surface area contributed by atoms with Gasteiger partial charge in [-0.1, -0.05) is 12.1 Å². The fraction of sp³-hybridized carbons (Fsp3) is 0.286. The number of hydrogen-bond donors (Lipinski definition) is 1. The number of para-hydroxylation sites is 1. The summed E-state index contributed by atoms with van der Waals surface area (Å²) in [5, 5.41) is 3.55. The maximum atomic E-state index is 12.7. The summed E-state index contributed by atoms with van der Waals surface area (Å²) >= 11 is 0. The first kappa shape index (κ1) is 17.4. The highest BCUT2D eigenvalue weighted by atomic mass is 16.5. The van der Waals surface area contributed by atoms with E-state index in [0.717, 1.165) is 19.4 Å². The number of hydrogen-bond acceptors (Lipinski definition) is 4. The lowest BCUT2D eigenvalue weighted by atomic mass is 10.1. The van der Waals surface area contributed by atoms with E-state index in [9.17, 15) is 9.59 Å². The van der Waals surface area contributed by atoms with Crippen LogP contribution in [0.5, 0.6) is 0 Å². The van der Waals surface area contributed by atoms with Crippen molar-refractivity contribution in [3.8, 4) is 5.69 Å². The molecule has 0 unspecified atom stereocenters. The molecule has 2 aromatic carbocycles. The Morgan fingerprint density at radius 3 is 2.74 bits per heavy atom. The first-order chi connectivity index (χ1) is 13.1. The van der Waals surface area contributed by atoms with Crippen LogP contribution in [0, 0.1) is 0 Å². The number of nitrogens with zero attached hydrogens (tertiary/aromatic N) is 2. The first-order valence-corrected chi connectivity index (χ1v) is 9.13. The van der Waals surface area contributed by atoms with Gasteiger partial charge in [-0.05, 0) is 56.2 Å². The number of benzene rings is 2. The van der Waals surface area contributed by atoms with Crippen molar-refractivity contribution in [3.05, 3.63) is 70.8 Å². The summed E-state index contributed by atoms with van der Waals surface area (Å²) in [4.78, 5) is 29.5. The summed E-state index contributed by atoms with van der Waals surface area (Å²) in [5.74, 6) is -0.145. The maximum Gasteiger partial charge on any atom is 0.265 e. The summed E-state index contributed by atoms with van der Waals surface area (Å²) in [6.07, 6.45) is 3.60. The minimum atomic E-state index is -0.145. The van der Waals surface area contributed by atoms with Crippen molar-refractivity contribution in [2.45, 2.75) is 31.9 Å². The maximum absolute atomic E-state index is 12.7. The summed E-state index contributed by atoms with van der Waals surface area (Å²) in [6, 6.07) is 14.1. The van der Waals surface area contributed by atoms with Crippen LogP contribution in [-0.2, 0) is 4.74 Å². The van der Waals surface area contributed by atoms with E-state index in [2.05, 4.69) is 10.3 Å². The number of fused-ring (bicyclic) bond motifs is 1. The highest BCUT2D eigenvalue weighted by molar-refractivity contribution is 5.94. The zero-order valence-corrected chi connectivity index (χ0v) is 15.1. The van der Waals surface area contributed by atoms with E-state index < -0.39 is 0 Å². The smallest absolute Gasteiger partial charge is 0.265 e. The molecule has 1 aromatic heterocycles. The highest BCUT2D eigenvalue weighted by Crippen LogP contribution is 2.16. The van der Waals surface area contributed by atoms with Crippen LogP contribution in [0.3, 0.4) is 0 Å². The van der Waals surface area contributed by atoms with Gasteiger partial charge in [-0.2, -0.15) is 0 Å². The molecular weight excluding hydrogens is 342 g/mol. The SMILES string of the molecule is C[C@H](NC(=O)c1ccc(-n2cnc3ccccc3c2=O)cc1)[C@H]1CCCO1. The Labute approximate surface area is 156 Å². The van der Waals surface area contributed by atoms with Gasteiger partial charge in [0.15, 0.2) is 0 Å². The Kier molecular flexibility index (Phi) is 4.73. The zero-order chi connectivity index (χ0) is 18.8. The number of carbonyl (C=O) groups excluding carboxylic acids is 1. The number of ether oxygens (including phenoxy) is 1. The van der Waals surface area contributed by atoms with E-state index in [-0.39, 0.29) is 23.6 Å². The summed E-state index contributed by atoms with van der Waals surface area (Å²) in [7, 11) is 0. The molecular formula is C21H21N3O3. The van der Waals surface area contributed by atoms with Gasteiger partial charge in [-0.25, -0.2) is 4.98 Å². The van der Waals surface area contributed by atoms with Crippen molar-refractivity contribution in [3.63, 3.8) is 0 Å². The van der Waals surface area contributed by atoms with Crippen LogP contribution >= 0.6 is 0 Å². The average Bonchev–Trinajstić information content (AvgIpc) is 3.24. The standard InChI is InChI=1S/C21H21N3O3/c1-14(19-7-4-12-27-19)23-20(25)15-8-10-16(11-9-15)24-13-22-18-6-3-2-5-17(18)21(24)26/h2-3,5-6,8-11,13-14,19H,4,7,12H2,1H3,(H,23,25)/t14-,19+/m0/s1. The van der Waals surface area contributed by atoms with Gasteiger partial charge >= 0.3 is 0 Å². The second kappa shape index (κ2) is 7.32. The zero-order valence-electron chi connectivity index (χ0n) is 15.1. The molecule has 4 rings (SSSR count). The van der Waals surface area contributed by atoms with Gasteiger partial charge in [-0.15, -0.1) is 0 Å². The lowest BCUT2D eigenvalue weighted by molar-refractivity contribution is 0.0712. The van der Waals surface area contributed by atoms with Gasteiger partial charge in [-0.3, -0.25) is 14.2 Å². The molecule has 2 heterocycles. The molecule has 2 atom stereocenters. The number of aromatic nitrogens is 2. The van der Waals surface area contributed by atoms with Crippen molar-refractivity contribution in [1.29, 1.82) is 0 Å². The van der Waals surface area contributed by atoms with Gasteiger partial charge in [0.2, 0.25) is 0 Å². The molecule has 1 fully saturated rings. The van der Waals surface area contributed by atoms with E-state index >= 15 is 0 Å². The van der Waals surface area contributed by atoms with Gasteiger partial charge in [0.1, 0.15) is 6.33 Å². The Morgan fingerprint density at radius 1 is 1.22 bits per heavy atom. The molecule has 1 aliphatic heterocycles. The van der Waals surface area contributed by atoms with Gasteiger partial charge in [0, 0.05) is 12.2 Å². The molecule has 1 N–H and O–H groups in total. The first-order valence-electron chi connectivity index (χ1n) is 9.13. The third-order valence-electron chi connectivity index (χ3n) is 4.95. The van der Waals surface area contributed by atoms with Crippen LogP contribution < -0.4 is 10.9 Å². The molecule has 3 aromatic rings. The minimum Gasteiger partial charge on any atom is -0.376 e. The van der Waals surface area contributed by atoms with Gasteiger partial charge in [0.05, 0.1) is 28.7 Å². The number of rotatable bonds is 4.